The Kier molecular flexibility index (Phi) is 4.41. The lowest BCUT2D eigenvalue weighted by Crippen LogP contribution is -2.26. The number of Topliss-reactive ketones (excluding diaryl/α,β-unsaturated/α-hetero) is 1. The Labute approximate surface area is 127 Å². The molecule has 1 heterocycles. The van der Waals surface area contributed by atoms with E-state index in [1.165, 1.54) is 13.8 Å². The van der Waals surface area contributed by atoms with E-state index in [9.17, 15) is 9.59 Å². The SMILES string of the molecule is CC(=O)O[C@H](Cc1cc(C)c2nc(NC#N)[nH]c2c1)C(C)=O. The van der Waals surface area contributed by atoms with Gasteiger partial charge in [-0.05, 0) is 31.0 Å². The first-order valence-electron chi connectivity index (χ1n) is 6.72. The van der Waals surface area contributed by atoms with Crippen molar-refractivity contribution in [2.24, 2.45) is 0 Å². The molecule has 2 N–H and O–H groups in total. The maximum absolute atomic E-state index is 11.6. The average molecular weight is 300 g/mol. The molecule has 7 heteroatoms. The van der Waals surface area contributed by atoms with Crippen molar-refractivity contribution in [3.05, 3.63) is 23.3 Å². The first kappa shape index (κ1) is 15.5. The number of fused-ring (bicyclic) bond motifs is 1. The number of carbonyl (C=O) groups excluding carboxylic acids is 2. The van der Waals surface area contributed by atoms with E-state index >= 15 is 0 Å². The number of esters is 1. The van der Waals surface area contributed by atoms with Crippen LogP contribution in [-0.4, -0.2) is 27.8 Å². The van der Waals surface area contributed by atoms with Crippen molar-refractivity contribution in [1.82, 2.24) is 9.97 Å². The van der Waals surface area contributed by atoms with Crippen molar-refractivity contribution in [2.75, 3.05) is 5.32 Å². The molecule has 0 aliphatic carbocycles. The van der Waals surface area contributed by atoms with E-state index in [4.69, 9.17) is 10.00 Å². The normalized spacial score (nSPS) is 11.7. The minimum absolute atomic E-state index is 0.204. The number of rotatable bonds is 5. The molecule has 0 amide bonds. The number of aromatic amines is 1. The predicted octanol–water partition coefficient (Wildman–Crippen LogP) is 1.83. The number of nitriles is 1. The van der Waals surface area contributed by atoms with Crippen LogP contribution in [0.15, 0.2) is 12.1 Å². The summed E-state index contributed by atoms with van der Waals surface area (Å²) in [4.78, 5) is 29.9. The number of ether oxygens (including phenoxy) is 1. The Hall–Kier alpha value is -2.88. The number of aromatic nitrogens is 2. The van der Waals surface area contributed by atoms with Gasteiger partial charge in [0.05, 0.1) is 11.0 Å². The summed E-state index contributed by atoms with van der Waals surface area (Å²) in [6, 6.07) is 3.72. The molecule has 0 aliphatic rings. The van der Waals surface area contributed by atoms with Gasteiger partial charge in [-0.25, -0.2) is 4.98 Å². The van der Waals surface area contributed by atoms with Crippen LogP contribution in [0.1, 0.15) is 25.0 Å². The number of anilines is 1. The van der Waals surface area contributed by atoms with Crippen LogP contribution in [0.2, 0.25) is 0 Å². The zero-order valence-electron chi connectivity index (χ0n) is 12.6. The van der Waals surface area contributed by atoms with Crippen LogP contribution in [0, 0.1) is 18.4 Å². The second kappa shape index (κ2) is 6.26. The van der Waals surface area contributed by atoms with Gasteiger partial charge in [-0.2, -0.15) is 5.26 Å². The number of nitrogens with zero attached hydrogens (tertiary/aromatic N) is 2. The van der Waals surface area contributed by atoms with Crippen molar-refractivity contribution < 1.29 is 14.3 Å². The third kappa shape index (κ3) is 3.41. The Bertz CT molecular complexity index is 773. The fourth-order valence-corrected chi connectivity index (χ4v) is 2.28. The summed E-state index contributed by atoms with van der Waals surface area (Å²) >= 11 is 0. The van der Waals surface area contributed by atoms with Crippen molar-refractivity contribution >= 4 is 28.7 Å². The highest BCUT2D eigenvalue weighted by atomic mass is 16.5. The maximum atomic E-state index is 11.6. The van der Waals surface area contributed by atoms with E-state index in [1.807, 2.05) is 19.1 Å². The fourth-order valence-electron chi connectivity index (χ4n) is 2.28. The Morgan fingerprint density at radius 2 is 2.18 bits per heavy atom. The average Bonchev–Trinajstić information content (AvgIpc) is 2.81. The number of benzene rings is 1. The van der Waals surface area contributed by atoms with Crippen LogP contribution in [0.3, 0.4) is 0 Å². The van der Waals surface area contributed by atoms with Crippen molar-refractivity contribution in [2.45, 2.75) is 33.3 Å². The summed E-state index contributed by atoms with van der Waals surface area (Å²) in [6.45, 7) is 4.56. The van der Waals surface area contributed by atoms with Crippen molar-refractivity contribution in [3.8, 4) is 6.19 Å². The zero-order valence-corrected chi connectivity index (χ0v) is 12.6. The van der Waals surface area contributed by atoms with Gasteiger partial charge >= 0.3 is 5.97 Å². The quantitative estimate of drug-likeness (QED) is 0.495. The molecule has 7 nitrogen and oxygen atoms in total. The van der Waals surface area contributed by atoms with Gasteiger partial charge in [-0.15, -0.1) is 0 Å². The summed E-state index contributed by atoms with van der Waals surface area (Å²) in [5.41, 5.74) is 3.24. The molecule has 1 aromatic carbocycles. The monoisotopic (exact) mass is 300 g/mol. The molecule has 2 rings (SSSR count). The van der Waals surface area contributed by atoms with Gasteiger partial charge in [0, 0.05) is 13.3 Å². The fraction of sp³-hybridized carbons (Fsp3) is 0.333. The molecule has 0 bridgehead atoms. The lowest BCUT2D eigenvalue weighted by molar-refractivity contribution is -0.152. The molecule has 0 saturated carbocycles. The number of nitrogens with one attached hydrogen (secondary N) is 2. The summed E-state index contributed by atoms with van der Waals surface area (Å²) in [5, 5.41) is 11.1. The summed E-state index contributed by atoms with van der Waals surface area (Å²) in [5.74, 6) is -0.328. The van der Waals surface area contributed by atoms with Gasteiger partial charge in [-0.3, -0.25) is 14.9 Å². The van der Waals surface area contributed by atoms with Crippen LogP contribution in [0.5, 0.6) is 0 Å². The van der Waals surface area contributed by atoms with Gasteiger partial charge < -0.3 is 9.72 Å². The number of H-pyrrole nitrogens is 1. The van der Waals surface area contributed by atoms with Gasteiger partial charge in [0.25, 0.3) is 0 Å². The Balaban J connectivity index is 2.33. The number of hydrogen-bond acceptors (Lipinski definition) is 6. The lowest BCUT2D eigenvalue weighted by Gasteiger charge is -2.14. The number of carbonyl (C=O) groups is 2. The second-order valence-electron chi connectivity index (χ2n) is 5.04. The minimum atomic E-state index is -0.797. The van der Waals surface area contributed by atoms with E-state index in [0.717, 1.165) is 22.2 Å². The summed E-state index contributed by atoms with van der Waals surface area (Å²) < 4.78 is 5.04. The topological polar surface area (TPSA) is 108 Å². The molecule has 0 unspecified atom stereocenters. The van der Waals surface area contributed by atoms with Gasteiger partial charge in [-0.1, -0.05) is 6.07 Å². The molecule has 2 aromatic rings. The van der Waals surface area contributed by atoms with E-state index < -0.39 is 12.1 Å². The highest BCUT2D eigenvalue weighted by molar-refractivity contribution is 5.84. The smallest absolute Gasteiger partial charge is 0.303 e. The number of hydrogen-bond donors (Lipinski definition) is 2. The molecule has 0 radical (unpaired) electrons. The number of aryl methyl sites for hydroxylation is 1. The lowest BCUT2D eigenvalue weighted by atomic mass is 10.0. The molecule has 1 atom stereocenters. The third-order valence-electron chi connectivity index (χ3n) is 3.19. The molecule has 0 spiro atoms. The van der Waals surface area contributed by atoms with Gasteiger partial charge in [0.1, 0.15) is 0 Å². The molecule has 1 aromatic heterocycles. The van der Waals surface area contributed by atoms with Crippen LogP contribution < -0.4 is 5.32 Å². The largest absolute Gasteiger partial charge is 0.454 e. The molecule has 0 fully saturated rings. The van der Waals surface area contributed by atoms with Crippen LogP contribution >= 0.6 is 0 Å². The van der Waals surface area contributed by atoms with Gasteiger partial charge in [0.15, 0.2) is 18.1 Å². The Morgan fingerprint density at radius 3 is 2.77 bits per heavy atom. The number of ketones is 1. The third-order valence-corrected chi connectivity index (χ3v) is 3.19. The number of imidazole rings is 1. The van der Waals surface area contributed by atoms with Crippen molar-refractivity contribution in [1.29, 1.82) is 5.26 Å². The second-order valence-corrected chi connectivity index (χ2v) is 5.04. The van der Waals surface area contributed by atoms with Crippen LogP contribution in [0.25, 0.3) is 11.0 Å². The van der Waals surface area contributed by atoms with E-state index in [0.29, 0.717) is 12.4 Å². The first-order chi connectivity index (χ1) is 10.4. The van der Waals surface area contributed by atoms with E-state index in [-0.39, 0.29) is 5.78 Å². The molecular weight excluding hydrogens is 284 g/mol. The van der Waals surface area contributed by atoms with Crippen molar-refractivity contribution in [3.63, 3.8) is 0 Å². The van der Waals surface area contributed by atoms with Crippen LogP contribution in [-0.2, 0) is 20.7 Å². The zero-order chi connectivity index (χ0) is 16.3. The highest BCUT2D eigenvalue weighted by Gasteiger charge is 2.19. The van der Waals surface area contributed by atoms with E-state index in [2.05, 4.69) is 15.3 Å². The van der Waals surface area contributed by atoms with Crippen LogP contribution in [0.4, 0.5) is 5.95 Å². The summed E-state index contributed by atoms with van der Waals surface area (Å²) in [6.07, 6.45) is 1.30. The highest BCUT2D eigenvalue weighted by Crippen LogP contribution is 2.22. The van der Waals surface area contributed by atoms with E-state index in [1.54, 1.807) is 6.19 Å². The molecule has 0 saturated heterocycles. The first-order valence-corrected chi connectivity index (χ1v) is 6.72. The maximum Gasteiger partial charge on any atom is 0.303 e. The van der Waals surface area contributed by atoms with Gasteiger partial charge in [0.2, 0.25) is 5.95 Å². The standard InChI is InChI=1S/C15H16N4O3/c1-8-4-11(6-13(9(2)20)22-10(3)21)5-12-14(8)19-15(18-12)17-7-16/h4-5,13H,6H2,1-3H3,(H2,17,18,19)/t13-/m1/s1. The summed E-state index contributed by atoms with van der Waals surface area (Å²) in [7, 11) is 0. The predicted molar refractivity (Wildman–Crippen MR) is 80.0 cm³/mol. The molecule has 114 valence electrons. The minimum Gasteiger partial charge on any atom is -0.454 e. The molecule has 0 aliphatic heterocycles. The molecule has 22 heavy (non-hydrogen) atoms. The molecular formula is C15H16N4O3. The Morgan fingerprint density at radius 1 is 1.45 bits per heavy atom.